The first-order valence-electron chi connectivity index (χ1n) is 10.7. The summed E-state index contributed by atoms with van der Waals surface area (Å²) < 4.78 is 39.5. The van der Waals surface area contributed by atoms with Crippen molar-refractivity contribution >= 4 is 43.0 Å². The van der Waals surface area contributed by atoms with Crippen LogP contribution in [0, 0.1) is 6.92 Å². The van der Waals surface area contributed by atoms with Crippen LogP contribution in [0.1, 0.15) is 35.5 Å². The summed E-state index contributed by atoms with van der Waals surface area (Å²) in [7, 11) is -0.878. The normalized spacial score (nSPS) is 11.7. The molecule has 3 aromatic rings. The van der Waals surface area contributed by atoms with E-state index in [-0.39, 0.29) is 16.9 Å². The van der Waals surface area contributed by atoms with E-state index < -0.39 is 10.0 Å². The number of nitrogens with one attached hydrogen (secondary N) is 1. The highest BCUT2D eigenvalue weighted by atomic mass is 32.2. The number of carbonyl (C=O) groups is 1. The topological polar surface area (TPSA) is 84.9 Å². The number of benzene rings is 2. The van der Waals surface area contributed by atoms with Gasteiger partial charge in [0.15, 0.2) is 0 Å². The number of fused-ring (bicyclic) bond motifs is 1. The van der Waals surface area contributed by atoms with Gasteiger partial charge in [-0.1, -0.05) is 6.07 Å². The standard InChI is InChI=1S/C24H30N2O5S2/c1-16(2)31-12-6-11-25-24(27)22-15-18-14-19(8-10-21(18)32-22)26(4)33(28,29)23-13-17(3)7-9-20(23)30-5/h7-10,13-16H,6,11-12H2,1-5H3,(H,25,27). The van der Waals surface area contributed by atoms with Crippen molar-refractivity contribution in [2.75, 3.05) is 31.6 Å². The predicted octanol–water partition coefficient (Wildman–Crippen LogP) is 4.59. The predicted molar refractivity (Wildman–Crippen MR) is 133 cm³/mol. The third-order valence-corrected chi connectivity index (χ3v) is 8.02. The molecule has 2 aromatic carbocycles. The number of aryl methyl sites for hydroxylation is 1. The van der Waals surface area contributed by atoms with Gasteiger partial charge in [0, 0.05) is 24.9 Å². The highest BCUT2D eigenvalue weighted by molar-refractivity contribution is 7.93. The zero-order valence-electron chi connectivity index (χ0n) is 19.5. The van der Waals surface area contributed by atoms with E-state index in [9.17, 15) is 13.2 Å². The van der Waals surface area contributed by atoms with Crippen LogP contribution in [0.15, 0.2) is 47.4 Å². The second-order valence-electron chi connectivity index (χ2n) is 7.99. The maximum Gasteiger partial charge on any atom is 0.267 e. The molecule has 1 N–H and O–H groups in total. The van der Waals surface area contributed by atoms with Crippen molar-refractivity contribution in [2.24, 2.45) is 0 Å². The van der Waals surface area contributed by atoms with Crippen molar-refractivity contribution in [1.82, 2.24) is 5.32 Å². The quantitative estimate of drug-likeness (QED) is 0.420. The first-order chi connectivity index (χ1) is 15.6. The van der Waals surface area contributed by atoms with Gasteiger partial charge in [-0.3, -0.25) is 9.10 Å². The zero-order valence-corrected chi connectivity index (χ0v) is 21.2. The van der Waals surface area contributed by atoms with E-state index in [1.807, 2.05) is 26.8 Å². The molecule has 1 heterocycles. The van der Waals surface area contributed by atoms with Gasteiger partial charge in [-0.05, 0) is 74.5 Å². The van der Waals surface area contributed by atoms with E-state index in [0.29, 0.717) is 29.5 Å². The number of amides is 1. The average molecular weight is 491 g/mol. The van der Waals surface area contributed by atoms with Crippen molar-refractivity contribution in [3.63, 3.8) is 0 Å². The zero-order chi connectivity index (χ0) is 24.2. The van der Waals surface area contributed by atoms with Crippen molar-refractivity contribution in [3.05, 3.63) is 52.9 Å². The van der Waals surface area contributed by atoms with Gasteiger partial charge in [-0.25, -0.2) is 8.42 Å². The van der Waals surface area contributed by atoms with Crippen LogP contribution >= 0.6 is 11.3 Å². The number of hydrogen-bond donors (Lipinski definition) is 1. The van der Waals surface area contributed by atoms with E-state index >= 15 is 0 Å². The Morgan fingerprint density at radius 3 is 2.61 bits per heavy atom. The van der Waals surface area contributed by atoms with Gasteiger partial charge in [0.05, 0.1) is 23.8 Å². The smallest absolute Gasteiger partial charge is 0.267 e. The van der Waals surface area contributed by atoms with Crippen molar-refractivity contribution < 1.29 is 22.7 Å². The highest BCUT2D eigenvalue weighted by Gasteiger charge is 2.26. The Hall–Kier alpha value is -2.62. The van der Waals surface area contributed by atoms with Crippen LogP contribution in [-0.2, 0) is 14.8 Å². The summed E-state index contributed by atoms with van der Waals surface area (Å²) in [6, 6.07) is 12.2. The first-order valence-corrected chi connectivity index (χ1v) is 13.0. The third kappa shape index (κ3) is 5.85. The Morgan fingerprint density at radius 1 is 1.15 bits per heavy atom. The monoisotopic (exact) mass is 490 g/mol. The molecule has 7 nitrogen and oxygen atoms in total. The molecule has 3 rings (SSSR count). The number of thiophene rings is 1. The molecule has 0 fully saturated rings. The summed E-state index contributed by atoms with van der Waals surface area (Å²) in [5.41, 5.74) is 1.32. The molecule has 0 radical (unpaired) electrons. The molecular weight excluding hydrogens is 460 g/mol. The molecule has 178 valence electrons. The molecule has 0 atom stereocenters. The summed E-state index contributed by atoms with van der Waals surface area (Å²) in [4.78, 5) is 13.2. The van der Waals surface area contributed by atoms with Gasteiger partial charge in [0.1, 0.15) is 10.6 Å². The molecule has 0 aliphatic carbocycles. The van der Waals surface area contributed by atoms with Gasteiger partial charge in [-0.15, -0.1) is 11.3 Å². The summed E-state index contributed by atoms with van der Waals surface area (Å²) >= 11 is 1.38. The van der Waals surface area contributed by atoms with Crippen LogP contribution in [0.3, 0.4) is 0 Å². The Labute approximate surface area is 199 Å². The lowest BCUT2D eigenvalue weighted by Crippen LogP contribution is -2.27. The minimum Gasteiger partial charge on any atom is -0.495 e. The van der Waals surface area contributed by atoms with Crippen molar-refractivity contribution in [1.29, 1.82) is 0 Å². The number of rotatable bonds is 10. The van der Waals surface area contributed by atoms with Gasteiger partial charge in [0.2, 0.25) is 0 Å². The van der Waals surface area contributed by atoms with E-state index in [0.717, 1.165) is 22.1 Å². The maximum atomic E-state index is 13.3. The maximum absolute atomic E-state index is 13.3. The Morgan fingerprint density at radius 2 is 1.91 bits per heavy atom. The average Bonchev–Trinajstić information content (AvgIpc) is 3.21. The van der Waals surface area contributed by atoms with Crippen molar-refractivity contribution in [2.45, 2.75) is 38.2 Å². The van der Waals surface area contributed by atoms with Crippen LogP contribution in [0.5, 0.6) is 5.75 Å². The fourth-order valence-corrected chi connectivity index (χ4v) is 5.68. The SMILES string of the molecule is COc1ccc(C)cc1S(=O)(=O)N(C)c1ccc2sc(C(=O)NCCCOC(C)C)cc2c1. The molecule has 0 unspecified atom stereocenters. The molecule has 0 saturated carbocycles. The lowest BCUT2D eigenvalue weighted by Gasteiger charge is -2.21. The molecule has 9 heteroatoms. The second-order valence-corrected chi connectivity index (χ2v) is 11.0. The molecular formula is C24H30N2O5S2. The van der Waals surface area contributed by atoms with Crippen LogP contribution in [0.2, 0.25) is 0 Å². The van der Waals surface area contributed by atoms with E-state index in [1.165, 1.54) is 29.8 Å². The summed E-state index contributed by atoms with van der Waals surface area (Å²) in [5, 5.41) is 3.72. The molecule has 0 spiro atoms. The fraction of sp³-hybridized carbons (Fsp3) is 0.375. The minimum absolute atomic E-state index is 0.111. The van der Waals surface area contributed by atoms with Crippen LogP contribution < -0.4 is 14.4 Å². The van der Waals surface area contributed by atoms with E-state index in [1.54, 1.807) is 36.4 Å². The third-order valence-electron chi connectivity index (χ3n) is 5.10. The number of anilines is 1. The van der Waals surface area contributed by atoms with Crippen LogP contribution in [0.4, 0.5) is 5.69 Å². The number of hydrogen-bond acceptors (Lipinski definition) is 6. The van der Waals surface area contributed by atoms with Gasteiger partial charge in [0.25, 0.3) is 15.9 Å². The minimum atomic E-state index is -3.84. The molecule has 1 amide bonds. The summed E-state index contributed by atoms with van der Waals surface area (Å²) in [6.45, 7) is 6.92. The number of sulfonamides is 1. The van der Waals surface area contributed by atoms with Gasteiger partial charge < -0.3 is 14.8 Å². The lowest BCUT2D eigenvalue weighted by molar-refractivity contribution is 0.0757. The second kappa shape index (κ2) is 10.5. The number of nitrogens with zero attached hydrogens (tertiary/aromatic N) is 1. The summed E-state index contributed by atoms with van der Waals surface area (Å²) in [5.74, 6) is 0.148. The lowest BCUT2D eigenvalue weighted by atomic mass is 10.2. The molecule has 0 aliphatic rings. The van der Waals surface area contributed by atoms with Gasteiger partial charge in [-0.2, -0.15) is 0 Å². The summed E-state index contributed by atoms with van der Waals surface area (Å²) in [6.07, 6.45) is 0.913. The van der Waals surface area contributed by atoms with Gasteiger partial charge >= 0.3 is 0 Å². The van der Waals surface area contributed by atoms with Crippen LogP contribution in [0.25, 0.3) is 10.1 Å². The fourth-order valence-electron chi connectivity index (χ4n) is 3.29. The molecule has 33 heavy (non-hydrogen) atoms. The highest BCUT2D eigenvalue weighted by Crippen LogP contribution is 2.33. The number of carbonyl (C=O) groups excluding carboxylic acids is 1. The molecule has 1 aromatic heterocycles. The van der Waals surface area contributed by atoms with Crippen molar-refractivity contribution in [3.8, 4) is 5.75 Å². The number of methoxy groups -OCH3 is 1. The first kappa shape index (κ1) is 25.0. The Kier molecular flexibility index (Phi) is 7.99. The number of ether oxygens (including phenoxy) is 2. The van der Waals surface area contributed by atoms with Crippen LogP contribution in [-0.4, -0.2) is 47.7 Å². The molecule has 0 aliphatic heterocycles. The Bertz CT molecular complexity index is 1230. The largest absolute Gasteiger partial charge is 0.495 e. The van der Waals surface area contributed by atoms with E-state index in [4.69, 9.17) is 9.47 Å². The molecule has 0 bridgehead atoms. The molecule has 0 saturated heterocycles. The van der Waals surface area contributed by atoms with E-state index in [2.05, 4.69) is 5.32 Å². The Balaban J connectivity index is 1.78.